The van der Waals surface area contributed by atoms with Gasteiger partial charge in [-0.2, -0.15) is 0 Å². The van der Waals surface area contributed by atoms with Gasteiger partial charge in [0.25, 0.3) is 15.9 Å². The molecule has 1 amide bonds. The number of hydrogen-bond acceptors (Lipinski definition) is 6. The second-order valence-electron chi connectivity index (χ2n) is 8.04. The Bertz CT molecular complexity index is 1440. The average Bonchev–Trinajstić information content (AvgIpc) is 2.80. The van der Waals surface area contributed by atoms with Crippen molar-refractivity contribution in [2.24, 2.45) is 0 Å². The molecule has 0 aliphatic carbocycles. The zero-order chi connectivity index (χ0) is 25.8. The van der Waals surface area contributed by atoms with Crippen molar-refractivity contribution in [2.75, 3.05) is 17.1 Å². The van der Waals surface area contributed by atoms with E-state index in [2.05, 4.69) is 14.8 Å². The Morgan fingerprint density at radius 2 is 1.51 bits per heavy atom. The predicted molar refractivity (Wildman–Crippen MR) is 135 cm³/mol. The van der Waals surface area contributed by atoms with Crippen molar-refractivity contribution in [3.8, 4) is 5.75 Å². The number of nitrogens with one attached hydrogen (secondary N) is 3. The van der Waals surface area contributed by atoms with Crippen LogP contribution in [0.25, 0.3) is 0 Å². The summed E-state index contributed by atoms with van der Waals surface area (Å²) in [6.45, 7) is 5.11. The number of amides is 1. The summed E-state index contributed by atoms with van der Waals surface area (Å²) in [5, 5.41) is 2.65. The molecule has 35 heavy (non-hydrogen) atoms. The standard InChI is InChI=1S/C24H27N3O6S2/c1-16(2)26-35(31,32)20-12-13-23(33-4)22(15-20)25-24(28)18-11-10-17(3)21(14-18)27-34(29,30)19-8-6-5-7-9-19/h5-16,26-27H,1-4H3,(H,25,28). The number of benzene rings is 3. The van der Waals surface area contributed by atoms with Gasteiger partial charge in [0, 0.05) is 11.6 Å². The lowest BCUT2D eigenvalue weighted by Gasteiger charge is -2.15. The molecule has 0 saturated carbocycles. The number of ether oxygens (including phenoxy) is 1. The van der Waals surface area contributed by atoms with E-state index in [9.17, 15) is 21.6 Å². The van der Waals surface area contributed by atoms with E-state index in [4.69, 9.17) is 4.74 Å². The third-order valence-electron chi connectivity index (χ3n) is 4.92. The van der Waals surface area contributed by atoms with E-state index in [1.54, 1.807) is 51.1 Å². The van der Waals surface area contributed by atoms with Crippen LogP contribution in [-0.4, -0.2) is 35.9 Å². The van der Waals surface area contributed by atoms with E-state index < -0.39 is 26.0 Å². The number of sulfonamides is 2. The van der Waals surface area contributed by atoms with Crippen LogP contribution in [-0.2, 0) is 20.0 Å². The summed E-state index contributed by atoms with van der Waals surface area (Å²) in [7, 11) is -6.26. The fraction of sp³-hybridized carbons (Fsp3) is 0.208. The van der Waals surface area contributed by atoms with E-state index in [0.29, 0.717) is 5.56 Å². The molecule has 0 bridgehead atoms. The zero-order valence-electron chi connectivity index (χ0n) is 19.7. The molecule has 0 unspecified atom stereocenters. The molecule has 3 N–H and O–H groups in total. The predicted octanol–water partition coefficient (Wildman–Crippen LogP) is 3.74. The van der Waals surface area contributed by atoms with Gasteiger partial charge in [-0.15, -0.1) is 0 Å². The molecule has 0 radical (unpaired) electrons. The number of anilines is 2. The van der Waals surface area contributed by atoms with E-state index in [1.165, 1.54) is 43.5 Å². The maximum Gasteiger partial charge on any atom is 0.261 e. The lowest BCUT2D eigenvalue weighted by Crippen LogP contribution is -2.30. The van der Waals surface area contributed by atoms with Crippen LogP contribution in [0, 0.1) is 6.92 Å². The summed E-state index contributed by atoms with van der Waals surface area (Å²) in [5.41, 5.74) is 1.17. The Morgan fingerprint density at radius 1 is 0.829 bits per heavy atom. The van der Waals surface area contributed by atoms with Crippen LogP contribution in [0.5, 0.6) is 5.75 Å². The van der Waals surface area contributed by atoms with Gasteiger partial charge in [-0.25, -0.2) is 21.6 Å². The molecule has 9 nitrogen and oxygen atoms in total. The highest BCUT2D eigenvalue weighted by molar-refractivity contribution is 7.92. The van der Waals surface area contributed by atoms with Crippen molar-refractivity contribution in [1.29, 1.82) is 0 Å². The molecule has 0 saturated heterocycles. The largest absolute Gasteiger partial charge is 0.495 e. The summed E-state index contributed by atoms with van der Waals surface area (Å²) in [5.74, 6) is -0.311. The summed E-state index contributed by atoms with van der Waals surface area (Å²) in [6, 6.07) is 16.3. The van der Waals surface area contributed by atoms with E-state index in [0.717, 1.165) is 0 Å². The van der Waals surface area contributed by atoms with Gasteiger partial charge in [-0.1, -0.05) is 24.3 Å². The van der Waals surface area contributed by atoms with Crippen LogP contribution in [0.15, 0.2) is 76.5 Å². The second-order valence-corrected chi connectivity index (χ2v) is 11.4. The zero-order valence-corrected chi connectivity index (χ0v) is 21.3. The smallest absolute Gasteiger partial charge is 0.261 e. The Hall–Kier alpha value is -3.41. The van der Waals surface area contributed by atoms with Crippen molar-refractivity contribution >= 4 is 37.3 Å². The SMILES string of the molecule is COc1ccc(S(=O)(=O)NC(C)C)cc1NC(=O)c1ccc(C)c(NS(=O)(=O)c2ccccc2)c1. The molecule has 0 aliphatic heterocycles. The number of carbonyl (C=O) groups excluding carboxylic acids is 1. The van der Waals surface area contributed by atoms with Crippen molar-refractivity contribution < 1.29 is 26.4 Å². The normalized spacial score (nSPS) is 11.8. The number of hydrogen-bond donors (Lipinski definition) is 3. The van der Waals surface area contributed by atoms with Crippen molar-refractivity contribution in [3.63, 3.8) is 0 Å². The molecule has 0 aliphatic rings. The molecule has 3 rings (SSSR count). The highest BCUT2D eigenvalue weighted by Crippen LogP contribution is 2.29. The molecule has 0 fully saturated rings. The molecule has 3 aromatic rings. The van der Waals surface area contributed by atoms with Crippen LogP contribution in [0.4, 0.5) is 11.4 Å². The fourth-order valence-corrected chi connectivity index (χ4v) is 5.62. The monoisotopic (exact) mass is 517 g/mol. The van der Waals surface area contributed by atoms with E-state index in [-0.39, 0.29) is 38.5 Å². The van der Waals surface area contributed by atoms with Crippen LogP contribution in [0.3, 0.4) is 0 Å². The van der Waals surface area contributed by atoms with Gasteiger partial charge in [0.05, 0.1) is 28.3 Å². The highest BCUT2D eigenvalue weighted by Gasteiger charge is 2.20. The second kappa shape index (κ2) is 10.5. The lowest BCUT2D eigenvalue weighted by molar-refractivity contribution is 0.102. The van der Waals surface area contributed by atoms with Crippen LogP contribution >= 0.6 is 0 Å². The molecule has 0 spiro atoms. The number of aryl methyl sites for hydroxylation is 1. The first kappa shape index (κ1) is 26.2. The summed E-state index contributed by atoms with van der Waals surface area (Å²) < 4.78 is 60.8. The highest BCUT2D eigenvalue weighted by atomic mass is 32.2. The molecular formula is C24H27N3O6S2. The van der Waals surface area contributed by atoms with Crippen molar-refractivity contribution in [1.82, 2.24) is 4.72 Å². The Morgan fingerprint density at radius 3 is 2.14 bits per heavy atom. The maximum atomic E-state index is 13.0. The minimum atomic E-state index is -3.86. The lowest BCUT2D eigenvalue weighted by atomic mass is 10.1. The number of rotatable bonds is 9. The minimum absolute atomic E-state index is 0.0393. The number of methoxy groups -OCH3 is 1. The first-order valence-corrected chi connectivity index (χ1v) is 13.6. The average molecular weight is 518 g/mol. The van der Waals surface area contributed by atoms with Gasteiger partial charge in [-0.3, -0.25) is 9.52 Å². The minimum Gasteiger partial charge on any atom is -0.495 e. The third-order valence-corrected chi connectivity index (χ3v) is 7.96. The summed E-state index contributed by atoms with van der Waals surface area (Å²) in [6.07, 6.45) is 0. The molecule has 0 atom stereocenters. The molecule has 0 aromatic heterocycles. The fourth-order valence-electron chi connectivity index (χ4n) is 3.20. The molecule has 3 aromatic carbocycles. The van der Waals surface area contributed by atoms with Gasteiger partial charge >= 0.3 is 0 Å². The van der Waals surface area contributed by atoms with Crippen molar-refractivity contribution in [3.05, 3.63) is 77.9 Å². The molecule has 0 heterocycles. The van der Waals surface area contributed by atoms with E-state index >= 15 is 0 Å². The summed E-state index contributed by atoms with van der Waals surface area (Å²) in [4.78, 5) is 13.1. The molecule has 186 valence electrons. The quantitative estimate of drug-likeness (QED) is 0.396. The first-order chi connectivity index (χ1) is 16.4. The Balaban J connectivity index is 1.90. The van der Waals surface area contributed by atoms with Crippen LogP contribution in [0.1, 0.15) is 29.8 Å². The number of carbonyl (C=O) groups is 1. The van der Waals surface area contributed by atoms with Crippen molar-refractivity contribution in [2.45, 2.75) is 36.6 Å². The third kappa shape index (κ3) is 6.38. The van der Waals surface area contributed by atoms with Gasteiger partial charge < -0.3 is 10.1 Å². The maximum absolute atomic E-state index is 13.0. The molecular weight excluding hydrogens is 490 g/mol. The van der Waals surface area contributed by atoms with Crippen LogP contribution in [0.2, 0.25) is 0 Å². The first-order valence-electron chi connectivity index (χ1n) is 10.6. The topological polar surface area (TPSA) is 131 Å². The van der Waals surface area contributed by atoms with Gasteiger partial charge in [0.2, 0.25) is 10.0 Å². The van der Waals surface area contributed by atoms with Gasteiger partial charge in [0.15, 0.2) is 0 Å². The molecule has 11 heteroatoms. The van der Waals surface area contributed by atoms with E-state index in [1.807, 2.05) is 0 Å². The van der Waals surface area contributed by atoms with Crippen LogP contribution < -0.4 is 19.5 Å². The van der Waals surface area contributed by atoms with Gasteiger partial charge in [0.1, 0.15) is 5.75 Å². The Kier molecular flexibility index (Phi) is 7.83. The summed E-state index contributed by atoms with van der Waals surface area (Å²) >= 11 is 0. The van der Waals surface area contributed by atoms with Gasteiger partial charge in [-0.05, 0) is 68.8 Å². The Labute approximate surface area is 205 Å².